The average molecular weight is 473 g/mol. The molecule has 4 rings (SSSR count). The Morgan fingerprint density at radius 2 is 1.85 bits per heavy atom. The van der Waals surface area contributed by atoms with Crippen molar-refractivity contribution in [1.29, 1.82) is 0 Å². The first-order chi connectivity index (χ1) is 16.1. The van der Waals surface area contributed by atoms with Crippen molar-refractivity contribution in [2.75, 3.05) is 6.54 Å². The molecule has 0 bridgehead atoms. The van der Waals surface area contributed by atoms with E-state index < -0.39 is 35.1 Å². The number of halogens is 4. The number of nitrogens with two attached hydrogens (primary N) is 1. The van der Waals surface area contributed by atoms with Gasteiger partial charge in [-0.25, -0.2) is 9.37 Å². The van der Waals surface area contributed by atoms with Crippen molar-refractivity contribution in [3.8, 4) is 11.6 Å². The maximum absolute atomic E-state index is 14.3. The van der Waals surface area contributed by atoms with Crippen LogP contribution >= 0.6 is 0 Å². The van der Waals surface area contributed by atoms with Crippen LogP contribution in [0.4, 0.5) is 17.6 Å². The highest BCUT2D eigenvalue weighted by Gasteiger charge is 2.32. The first-order valence-electron chi connectivity index (χ1n) is 10.3. The van der Waals surface area contributed by atoms with Gasteiger partial charge in [0.15, 0.2) is 11.6 Å². The minimum absolute atomic E-state index is 0.132. The number of alkyl halides is 3. The lowest BCUT2D eigenvalue weighted by Crippen LogP contribution is -2.30. The quantitative estimate of drug-likeness (QED) is 0.544. The van der Waals surface area contributed by atoms with Gasteiger partial charge in [-0.2, -0.15) is 13.2 Å². The number of amides is 2. The Balaban J connectivity index is 1.62. The molecule has 0 aliphatic carbocycles. The van der Waals surface area contributed by atoms with Crippen LogP contribution in [-0.2, 0) is 19.1 Å². The lowest BCUT2D eigenvalue weighted by atomic mass is 10.1. The van der Waals surface area contributed by atoms with Crippen molar-refractivity contribution < 1.29 is 31.9 Å². The summed E-state index contributed by atoms with van der Waals surface area (Å²) in [7, 11) is 0. The molecule has 0 unspecified atom stereocenters. The summed E-state index contributed by atoms with van der Waals surface area (Å²) in [5, 5.41) is 0. The van der Waals surface area contributed by atoms with Crippen LogP contribution in [0.1, 0.15) is 43.8 Å². The highest BCUT2D eigenvalue weighted by Crippen LogP contribution is 2.35. The van der Waals surface area contributed by atoms with Crippen molar-refractivity contribution >= 4 is 11.8 Å². The Labute approximate surface area is 192 Å². The van der Waals surface area contributed by atoms with E-state index in [9.17, 15) is 27.2 Å². The summed E-state index contributed by atoms with van der Waals surface area (Å²) in [6, 6.07) is 10.1. The minimum atomic E-state index is -4.70. The van der Waals surface area contributed by atoms with E-state index in [1.807, 2.05) is 0 Å². The zero-order chi connectivity index (χ0) is 24.5. The van der Waals surface area contributed by atoms with Crippen LogP contribution in [0.3, 0.4) is 0 Å². The van der Waals surface area contributed by atoms with Crippen LogP contribution in [0.25, 0.3) is 0 Å². The van der Waals surface area contributed by atoms with Gasteiger partial charge in [0.2, 0.25) is 11.8 Å². The minimum Gasteiger partial charge on any atom is -0.435 e. The van der Waals surface area contributed by atoms with Gasteiger partial charge in [-0.05, 0) is 60.4 Å². The fourth-order valence-electron chi connectivity index (χ4n) is 3.72. The zero-order valence-electron chi connectivity index (χ0n) is 17.7. The van der Waals surface area contributed by atoms with E-state index in [1.165, 1.54) is 6.20 Å². The smallest absolute Gasteiger partial charge is 0.416 e. The van der Waals surface area contributed by atoms with E-state index in [0.29, 0.717) is 42.6 Å². The van der Waals surface area contributed by atoms with Crippen LogP contribution in [0.5, 0.6) is 11.6 Å². The van der Waals surface area contributed by atoms with E-state index in [-0.39, 0.29) is 18.0 Å². The normalized spacial score (nSPS) is 13.9. The molecule has 34 heavy (non-hydrogen) atoms. The number of benzene rings is 2. The SMILES string of the molecule is NC(=O)c1ccc(CN2CCCc3ccnc(Oc4ccc(C(F)(F)F)cc4F)c3C2=O)cc1. The Hall–Kier alpha value is -3.95. The largest absolute Gasteiger partial charge is 0.435 e. The monoisotopic (exact) mass is 473 g/mol. The van der Waals surface area contributed by atoms with E-state index in [1.54, 1.807) is 35.2 Å². The van der Waals surface area contributed by atoms with Crippen molar-refractivity contribution in [2.45, 2.75) is 25.6 Å². The highest BCUT2D eigenvalue weighted by atomic mass is 19.4. The number of carbonyl (C=O) groups excluding carboxylic acids is 2. The number of fused-ring (bicyclic) bond motifs is 1. The van der Waals surface area contributed by atoms with Gasteiger partial charge in [-0.3, -0.25) is 9.59 Å². The number of ether oxygens (including phenoxy) is 1. The molecule has 176 valence electrons. The molecule has 3 aromatic rings. The van der Waals surface area contributed by atoms with E-state index >= 15 is 0 Å². The third kappa shape index (κ3) is 4.85. The molecule has 1 aliphatic rings. The number of primary amides is 1. The molecule has 2 aromatic carbocycles. The first kappa shape index (κ1) is 23.2. The predicted octanol–water partition coefficient (Wildman–Crippen LogP) is 4.72. The lowest BCUT2D eigenvalue weighted by molar-refractivity contribution is -0.137. The van der Waals surface area contributed by atoms with E-state index in [2.05, 4.69) is 4.98 Å². The topological polar surface area (TPSA) is 85.5 Å². The molecule has 10 heteroatoms. The maximum atomic E-state index is 14.3. The van der Waals surface area contributed by atoms with Gasteiger partial charge >= 0.3 is 6.18 Å². The third-order valence-electron chi connectivity index (χ3n) is 5.46. The van der Waals surface area contributed by atoms with Crippen molar-refractivity contribution in [1.82, 2.24) is 9.88 Å². The molecule has 2 N–H and O–H groups in total. The van der Waals surface area contributed by atoms with Crippen LogP contribution < -0.4 is 10.5 Å². The first-order valence-corrected chi connectivity index (χ1v) is 10.3. The molecule has 6 nitrogen and oxygen atoms in total. The number of aromatic nitrogens is 1. The van der Waals surface area contributed by atoms with E-state index in [4.69, 9.17) is 10.5 Å². The number of pyridine rings is 1. The lowest BCUT2D eigenvalue weighted by Gasteiger charge is -2.22. The second kappa shape index (κ2) is 9.12. The number of hydrogen-bond donors (Lipinski definition) is 1. The van der Waals surface area contributed by atoms with Gasteiger partial charge in [0, 0.05) is 24.8 Å². The van der Waals surface area contributed by atoms with Crippen LogP contribution in [0, 0.1) is 5.82 Å². The fraction of sp³-hybridized carbons (Fsp3) is 0.208. The summed E-state index contributed by atoms with van der Waals surface area (Å²) >= 11 is 0. The maximum Gasteiger partial charge on any atom is 0.416 e. The molecule has 0 saturated carbocycles. The number of carbonyl (C=O) groups is 2. The van der Waals surface area contributed by atoms with Crippen LogP contribution in [-0.4, -0.2) is 28.2 Å². The number of nitrogens with zero attached hydrogens (tertiary/aromatic N) is 2. The van der Waals surface area contributed by atoms with Gasteiger partial charge in [0.05, 0.1) is 5.56 Å². The number of rotatable bonds is 5. The number of aryl methyl sites for hydroxylation is 1. The zero-order valence-corrected chi connectivity index (χ0v) is 17.7. The molecule has 1 aliphatic heterocycles. The van der Waals surface area contributed by atoms with Gasteiger partial charge < -0.3 is 15.4 Å². The average Bonchev–Trinajstić information content (AvgIpc) is 2.94. The molecule has 2 heterocycles. The van der Waals surface area contributed by atoms with Crippen LogP contribution in [0.2, 0.25) is 0 Å². The van der Waals surface area contributed by atoms with Gasteiger partial charge in [-0.15, -0.1) is 0 Å². The summed E-state index contributed by atoms with van der Waals surface area (Å²) in [5.41, 5.74) is 5.99. The Morgan fingerprint density at radius 3 is 2.50 bits per heavy atom. The number of hydrogen-bond acceptors (Lipinski definition) is 4. The van der Waals surface area contributed by atoms with Gasteiger partial charge in [0.1, 0.15) is 5.56 Å². The Kier molecular flexibility index (Phi) is 6.23. The summed E-state index contributed by atoms with van der Waals surface area (Å²) in [6.45, 7) is 0.666. The molecular weight excluding hydrogens is 454 g/mol. The second-order valence-corrected chi connectivity index (χ2v) is 7.79. The Bertz CT molecular complexity index is 1240. The second-order valence-electron chi connectivity index (χ2n) is 7.79. The van der Waals surface area contributed by atoms with E-state index in [0.717, 1.165) is 11.6 Å². The molecule has 0 atom stereocenters. The van der Waals surface area contributed by atoms with Gasteiger partial charge in [-0.1, -0.05) is 12.1 Å². The molecule has 2 amide bonds. The third-order valence-corrected chi connectivity index (χ3v) is 5.46. The molecule has 0 saturated heterocycles. The Morgan fingerprint density at radius 1 is 1.12 bits per heavy atom. The summed E-state index contributed by atoms with van der Waals surface area (Å²) in [6.07, 6.45) is -2.11. The highest BCUT2D eigenvalue weighted by molar-refractivity contribution is 5.98. The van der Waals surface area contributed by atoms with Gasteiger partial charge in [0.25, 0.3) is 5.91 Å². The van der Waals surface area contributed by atoms with Crippen molar-refractivity contribution in [3.63, 3.8) is 0 Å². The van der Waals surface area contributed by atoms with Crippen molar-refractivity contribution in [3.05, 3.63) is 88.4 Å². The van der Waals surface area contributed by atoms with Crippen molar-refractivity contribution in [2.24, 2.45) is 5.73 Å². The summed E-state index contributed by atoms with van der Waals surface area (Å²) in [5.74, 6) is -2.84. The predicted molar refractivity (Wildman–Crippen MR) is 114 cm³/mol. The molecule has 0 radical (unpaired) electrons. The van der Waals surface area contributed by atoms with Crippen LogP contribution in [0.15, 0.2) is 54.7 Å². The summed E-state index contributed by atoms with van der Waals surface area (Å²) < 4.78 is 58.4. The summed E-state index contributed by atoms with van der Waals surface area (Å²) in [4.78, 5) is 30.3. The molecule has 1 aromatic heterocycles. The molecule has 0 spiro atoms. The molecular formula is C24H19F4N3O3. The molecule has 0 fully saturated rings. The standard InChI is InChI=1S/C24H19F4N3O3/c25-18-12-17(24(26,27)28)7-8-19(18)34-22-20-15(9-10-30-22)2-1-11-31(23(20)33)13-14-3-5-16(6-4-14)21(29)32/h3-10,12H,1-2,11,13H2,(H2,29,32). The fourth-order valence-corrected chi connectivity index (χ4v) is 3.72.